The fourth-order valence-corrected chi connectivity index (χ4v) is 4.63. The second kappa shape index (κ2) is 12.5. The van der Waals surface area contributed by atoms with Crippen molar-refractivity contribution in [2.24, 2.45) is 0 Å². The summed E-state index contributed by atoms with van der Waals surface area (Å²) in [5.41, 5.74) is 2.06. The van der Waals surface area contributed by atoms with Crippen molar-refractivity contribution in [1.82, 2.24) is 0 Å². The van der Waals surface area contributed by atoms with Gasteiger partial charge in [-0.25, -0.2) is 0 Å². The Labute approximate surface area is 225 Å². The van der Waals surface area contributed by atoms with E-state index in [0.29, 0.717) is 5.02 Å². The van der Waals surface area contributed by atoms with E-state index < -0.39 is 36.2 Å². The quantitative estimate of drug-likeness (QED) is 0.354. The van der Waals surface area contributed by atoms with Crippen molar-refractivity contribution in [3.05, 3.63) is 117 Å². The largest absolute Gasteiger partial charge is 0.451 e. The lowest BCUT2D eigenvalue weighted by Gasteiger charge is -2.36. The van der Waals surface area contributed by atoms with Crippen molar-refractivity contribution in [3.8, 4) is 0 Å². The fourth-order valence-electron chi connectivity index (χ4n) is 4.11. The Bertz CT molecular complexity index is 1260. The average molecular weight is 541 g/mol. The Balaban J connectivity index is 1.70. The van der Waals surface area contributed by atoms with E-state index in [1.54, 1.807) is 12.1 Å². The molecule has 0 radical (unpaired) electrons. The number of ether oxygens (including phenoxy) is 3. The maximum absolute atomic E-state index is 13.6. The third-order valence-electron chi connectivity index (χ3n) is 5.92. The molecule has 0 bridgehead atoms. The highest BCUT2D eigenvalue weighted by Gasteiger charge is 2.45. The standard InChI is InChI=1S/C29H26Cl2O6/c1-18(32)37-29-27(34)23(26(33)22-13-12-21(30)14-24(22)31)15-25(35-16-19-8-4-2-5-9-19)28(29)36-17-20-10-6-3-7-11-20/h2-15,25-26,28-29,33H,16-17H2,1H3/t25-,26+,28+,29+/m0/s1. The van der Waals surface area contributed by atoms with Gasteiger partial charge in [-0.15, -0.1) is 0 Å². The number of carbonyl (C=O) groups excluding carboxylic acids is 2. The summed E-state index contributed by atoms with van der Waals surface area (Å²) >= 11 is 12.3. The first-order valence-corrected chi connectivity index (χ1v) is 12.5. The van der Waals surface area contributed by atoms with Crippen molar-refractivity contribution in [3.63, 3.8) is 0 Å². The van der Waals surface area contributed by atoms with Crippen LogP contribution in [-0.4, -0.2) is 35.2 Å². The van der Waals surface area contributed by atoms with Gasteiger partial charge >= 0.3 is 5.97 Å². The van der Waals surface area contributed by atoms with Gasteiger partial charge in [0.25, 0.3) is 0 Å². The number of aliphatic hydroxyl groups is 1. The van der Waals surface area contributed by atoms with Crippen LogP contribution in [0.15, 0.2) is 90.5 Å². The van der Waals surface area contributed by atoms with E-state index in [4.69, 9.17) is 37.4 Å². The zero-order valence-corrected chi connectivity index (χ0v) is 21.6. The molecule has 1 aliphatic rings. The summed E-state index contributed by atoms with van der Waals surface area (Å²) < 4.78 is 17.8. The molecule has 0 spiro atoms. The Morgan fingerprint density at radius 3 is 2.08 bits per heavy atom. The number of rotatable bonds is 9. The fraction of sp³-hybridized carbons (Fsp3) is 0.241. The number of carbonyl (C=O) groups is 2. The molecule has 0 aliphatic heterocycles. The summed E-state index contributed by atoms with van der Waals surface area (Å²) in [5, 5.41) is 11.8. The summed E-state index contributed by atoms with van der Waals surface area (Å²) in [5.74, 6) is -1.25. The molecular weight excluding hydrogens is 515 g/mol. The molecule has 0 saturated carbocycles. The zero-order chi connectivity index (χ0) is 26.4. The van der Waals surface area contributed by atoms with Gasteiger partial charge in [0.05, 0.1) is 13.2 Å². The number of benzene rings is 3. The summed E-state index contributed by atoms with van der Waals surface area (Å²) in [6, 6.07) is 23.5. The van der Waals surface area contributed by atoms with Crippen LogP contribution >= 0.6 is 23.2 Å². The summed E-state index contributed by atoms with van der Waals surface area (Å²) in [4.78, 5) is 25.6. The number of halogens is 2. The molecule has 0 aromatic heterocycles. The van der Waals surface area contributed by atoms with Crippen molar-refractivity contribution < 1.29 is 28.9 Å². The van der Waals surface area contributed by atoms with Crippen LogP contribution in [0.2, 0.25) is 10.0 Å². The topological polar surface area (TPSA) is 82.1 Å². The molecule has 3 aromatic rings. The van der Waals surface area contributed by atoms with E-state index in [2.05, 4.69) is 0 Å². The summed E-state index contributed by atoms with van der Waals surface area (Å²) in [7, 11) is 0. The van der Waals surface area contributed by atoms with Crippen molar-refractivity contribution in [2.75, 3.05) is 0 Å². The number of hydrogen-bond donors (Lipinski definition) is 1. The van der Waals surface area contributed by atoms with Crippen LogP contribution in [0, 0.1) is 0 Å². The van der Waals surface area contributed by atoms with E-state index in [9.17, 15) is 14.7 Å². The Morgan fingerprint density at radius 1 is 0.919 bits per heavy atom. The maximum Gasteiger partial charge on any atom is 0.303 e. The van der Waals surface area contributed by atoms with E-state index >= 15 is 0 Å². The van der Waals surface area contributed by atoms with E-state index in [1.807, 2.05) is 60.7 Å². The second-order valence-corrected chi connectivity index (χ2v) is 9.45. The molecule has 37 heavy (non-hydrogen) atoms. The van der Waals surface area contributed by atoms with Crippen molar-refractivity contribution >= 4 is 35.0 Å². The highest BCUT2D eigenvalue weighted by molar-refractivity contribution is 6.35. The predicted molar refractivity (Wildman–Crippen MR) is 140 cm³/mol. The van der Waals surface area contributed by atoms with Crippen LogP contribution in [0.3, 0.4) is 0 Å². The summed E-state index contributed by atoms with van der Waals surface area (Å²) in [6.07, 6.45) is -2.97. The molecule has 0 saturated heterocycles. The average Bonchev–Trinajstić information content (AvgIpc) is 2.89. The first kappa shape index (κ1) is 27.0. The van der Waals surface area contributed by atoms with Gasteiger partial charge in [-0.2, -0.15) is 0 Å². The molecule has 192 valence electrons. The van der Waals surface area contributed by atoms with E-state index in [0.717, 1.165) is 11.1 Å². The molecule has 0 heterocycles. The first-order valence-electron chi connectivity index (χ1n) is 11.7. The number of ketones is 1. The molecule has 6 nitrogen and oxygen atoms in total. The molecule has 0 amide bonds. The van der Waals surface area contributed by atoms with Gasteiger partial charge in [-0.1, -0.05) is 89.9 Å². The minimum absolute atomic E-state index is 0.00639. The molecule has 0 unspecified atom stereocenters. The third-order valence-corrected chi connectivity index (χ3v) is 6.49. The normalized spacial score (nSPS) is 20.3. The first-order chi connectivity index (χ1) is 17.8. The van der Waals surface area contributed by atoms with Gasteiger partial charge < -0.3 is 19.3 Å². The number of Topliss-reactive ketones (excluding diaryl/α,β-unsaturated/α-hetero) is 1. The Hall–Kier alpha value is -3.00. The van der Waals surface area contributed by atoms with Crippen LogP contribution in [0.25, 0.3) is 0 Å². The minimum Gasteiger partial charge on any atom is -0.451 e. The van der Waals surface area contributed by atoms with Gasteiger partial charge in [-0.3, -0.25) is 9.59 Å². The number of esters is 1. The highest BCUT2D eigenvalue weighted by Crippen LogP contribution is 2.36. The van der Waals surface area contributed by atoms with Crippen molar-refractivity contribution in [2.45, 2.75) is 44.6 Å². The number of hydrogen-bond acceptors (Lipinski definition) is 6. The van der Waals surface area contributed by atoms with Gasteiger partial charge in [0.15, 0.2) is 6.10 Å². The molecule has 3 aromatic carbocycles. The molecule has 8 heteroatoms. The molecule has 1 N–H and O–H groups in total. The second-order valence-electron chi connectivity index (χ2n) is 8.61. The monoisotopic (exact) mass is 540 g/mol. The van der Waals surface area contributed by atoms with Gasteiger partial charge in [0.2, 0.25) is 5.78 Å². The third kappa shape index (κ3) is 6.86. The van der Waals surface area contributed by atoms with E-state index in [1.165, 1.54) is 19.1 Å². The minimum atomic E-state index is -1.40. The van der Waals surface area contributed by atoms with Crippen molar-refractivity contribution in [1.29, 1.82) is 0 Å². The summed E-state index contributed by atoms with van der Waals surface area (Å²) in [6.45, 7) is 1.58. The van der Waals surface area contributed by atoms with Crippen LogP contribution in [0.4, 0.5) is 0 Å². The molecular formula is C29H26Cl2O6. The van der Waals surface area contributed by atoms with Gasteiger partial charge in [0.1, 0.15) is 18.3 Å². The van der Waals surface area contributed by atoms with Gasteiger partial charge in [-0.05, 0) is 29.3 Å². The van der Waals surface area contributed by atoms with Crippen LogP contribution in [0.5, 0.6) is 0 Å². The zero-order valence-electron chi connectivity index (χ0n) is 20.1. The van der Waals surface area contributed by atoms with Crippen LogP contribution in [-0.2, 0) is 37.0 Å². The lowest BCUT2D eigenvalue weighted by atomic mass is 9.85. The van der Waals surface area contributed by atoms with Crippen LogP contribution in [0.1, 0.15) is 29.7 Å². The predicted octanol–water partition coefficient (Wildman–Crippen LogP) is 5.64. The highest BCUT2D eigenvalue weighted by atomic mass is 35.5. The molecule has 1 aliphatic carbocycles. The molecule has 0 fully saturated rings. The SMILES string of the molecule is CC(=O)O[C@@H]1C(=O)C([C@H](O)c2ccc(Cl)cc2Cl)=C[C@H](OCc2ccccc2)[C@H]1OCc1ccccc1. The van der Waals surface area contributed by atoms with Gasteiger partial charge in [0, 0.05) is 28.1 Å². The van der Waals surface area contributed by atoms with Crippen LogP contribution < -0.4 is 0 Å². The molecule has 4 atom stereocenters. The number of aliphatic hydroxyl groups excluding tert-OH is 1. The smallest absolute Gasteiger partial charge is 0.303 e. The Morgan fingerprint density at radius 2 is 1.51 bits per heavy atom. The van der Waals surface area contributed by atoms with E-state index in [-0.39, 0.29) is 29.4 Å². The lowest BCUT2D eigenvalue weighted by molar-refractivity contribution is -0.174. The molecule has 4 rings (SSSR count). The lowest BCUT2D eigenvalue weighted by Crippen LogP contribution is -2.51. The Kier molecular flexibility index (Phi) is 9.14. The maximum atomic E-state index is 13.6.